The summed E-state index contributed by atoms with van der Waals surface area (Å²) in [5.41, 5.74) is 2.17. The van der Waals surface area contributed by atoms with E-state index < -0.39 is 18.0 Å². The van der Waals surface area contributed by atoms with Crippen LogP contribution >= 0.6 is 0 Å². The molecule has 7 nitrogen and oxygen atoms in total. The fourth-order valence-electron chi connectivity index (χ4n) is 1.34. The number of aliphatic hydroxyl groups excluding tert-OH is 1. The van der Waals surface area contributed by atoms with Crippen LogP contribution in [-0.4, -0.2) is 47.4 Å². The van der Waals surface area contributed by atoms with Crippen LogP contribution in [0.3, 0.4) is 0 Å². The van der Waals surface area contributed by atoms with Gasteiger partial charge in [-0.1, -0.05) is 76.1 Å². The van der Waals surface area contributed by atoms with Gasteiger partial charge in [0.25, 0.3) is 0 Å². The van der Waals surface area contributed by atoms with Gasteiger partial charge in [-0.25, -0.2) is 14.4 Å². The van der Waals surface area contributed by atoms with E-state index in [4.69, 9.17) is 14.9 Å². The van der Waals surface area contributed by atoms with Gasteiger partial charge in [0.15, 0.2) is 0 Å². The number of rotatable bonds is 9. The number of esters is 2. The molecule has 1 aromatic carbocycles. The van der Waals surface area contributed by atoms with Crippen molar-refractivity contribution >= 4 is 24.0 Å². The van der Waals surface area contributed by atoms with Crippen molar-refractivity contribution in [1.29, 1.82) is 0 Å². The number of benzene rings is 1. The monoisotopic (exact) mass is 476 g/mol. The normalized spacial score (nSPS) is 9.59. The quantitative estimate of drug-likeness (QED) is 0.280. The van der Waals surface area contributed by atoms with E-state index in [0.29, 0.717) is 17.8 Å². The van der Waals surface area contributed by atoms with Crippen LogP contribution in [0.2, 0.25) is 0 Å². The zero-order valence-electron chi connectivity index (χ0n) is 21.1. The molecule has 0 amide bonds. The molecule has 0 radical (unpaired) electrons. The summed E-state index contributed by atoms with van der Waals surface area (Å²) in [5.74, 6) is -1.68. The highest BCUT2D eigenvalue weighted by atomic mass is 16.5. The predicted molar refractivity (Wildman–Crippen MR) is 137 cm³/mol. The fourth-order valence-corrected chi connectivity index (χ4v) is 1.34. The second-order valence-corrected chi connectivity index (χ2v) is 7.20. The van der Waals surface area contributed by atoms with Crippen molar-refractivity contribution in [2.75, 3.05) is 13.2 Å². The van der Waals surface area contributed by atoms with Gasteiger partial charge in [0.2, 0.25) is 0 Å². The minimum absolute atomic E-state index is 0.0334. The Morgan fingerprint density at radius 2 is 1.38 bits per heavy atom. The van der Waals surface area contributed by atoms with E-state index in [1.807, 2.05) is 36.4 Å². The van der Waals surface area contributed by atoms with Gasteiger partial charge in [-0.3, -0.25) is 0 Å². The number of ether oxygens (including phenoxy) is 2. The van der Waals surface area contributed by atoms with E-state index >= 15 is 0 Å². The second kappa shape index (κ2) is 22.7. The van der Waals surface area contributed by atoms with E-state index in [0.717, 1.165) is 12.8 Å². The summed E-state index contributed by atoms with van der Waals surface area (Å²) in [6.07, 6.45) is 3.20. The number of hydrogen-bond acceptors (Lipinski definition) is 6. The number of carboxylic acid groups (broad SMARTS) is 1. The smallest absolute Gasteiger partial charge is 0.333 e. The Hall–Kier alpha value is -3.45. The fraction of sp³-hybridized carbons (Fsp3) is 0.370. The highest BCUT2D eigenvalue weighted by Gasteiger charge is 2.04. The van der Waals surface area contributed by atoms with E-state index in [9.17, 15) is 14.4 Å². The van der Waals surface area contributed by atoms with E-state index in [2.05, 4.69) is 38.0 Å². The molecule has 0 aliphatic rings. The van der Waals surface area contributed by atoms with Gasteiger partial charge in [-0.05, 0) is 39.7 Å². The van der Waals surface area contributed by atoms with Crippen LogP contribution in [0.1, 0.15) is 53.0 Å². The van der Waals surface area contributed by atoms with Gasteiger partial charge in [0.1, 0.15) is 6.61 Å². The Balaban J connectivity index is -0.000000383. The molecule has 0 heterocycles. The van der Waals surface area contributed by atoms with Crippen LogP contribution in [0.5, 0.6) is 0 Å². The van der Waals surface area contributed by atoms with Crippen LogP contribution in [0.15, 0.2) is 73.4 Å². The van der Waals surface area contributed by atoms with Crippen molar-refractivity contribution in [2.24, 2.45) is 0 Å². The molecule has 1 unspecified atom stereocenters. The van der Waals surface area contributed by atoms with Crippen LogP contribution in [-0.2, 0) is 23.9 Å². The van der Waals surface area contributed by atoms with Gasteiger partial charge in [0, 0.05) is 16.7 Å². The van der Waals surface area contributed by atoms with E-state index in [1.54, 1.807) is 20.8 Å². The lowest BCUT2D eigenvalue weighted by atomic mass is 10.2. The van der Waals surface area contributed by atoms with Crippen molar-refractivity contribution < 1.29 is 34.1 Å². The van der Waals surface area contributed by atoms with Crippen LogP contribution in [0.25, 0.3) is 6.08 Å². The van der Waals surface area contributed by atoms with Crippen LogP contribution in [0.4, 0.5) is 0 Å². The predicted octanol–water partition coefficient (Wildman–Crippen LogP) is 5.37. The molecule has 0 spiro atoms. The standard InChI is InChI=1S/C8H14O2.C8H8.C7H12O3.C4H6O2/c1-4-5-6-10-8(9)7(2)3;1-2-8-6-4-3-5-7-8;1-5(2)7(9)10-4-6(3)8;1-3(2)4(5)6/h2,4-6H2,1,3H3;2-7H,1H2;6,8H,1,4H2,2-3H3;1H2,2H3,(H,5,6). The summed E-state index contributed by atoms with van der Waals surface area (Å²) in [7, 11) is 0. The van der Waals surface area contributed by atoms with Gasteiger partial charge in [-0.15, -0.1) is 0 Å². The average Bonchev–Trinajstić information content (AvgIpc) is 2.79. The summed E-state index contributed by atoms with van der Waals surface area (Å²) in [6, 6.07) is 10.0. The summed E-state index contributed by atoms with van der Waals surface area (Å²) in [6.45, 7) is 22.4. The zero-order chi connectivity index (χ0) is 27.1. The summed E-state index contributed by atoms with van der Waals surface area (Å²) in [5, 5.41) is 16.6. The zero-order valence-corrected chi connectivity index (χ0v) is 21.1. The third kappa shape index (κ3) is 26.6. The van der Waals surface area contributed by atoms with Crippen LogP contribution in [0, 0.1) is 0 Å². The first-order chi connectivity index (χ1) is 15.8. The van der Waals surface area contributed by atoms with Crippen molar-refractivity contribution in [3.05, 3.63) is 78.9 Å². The molecule has 7 heteroatoms. The molecule has 1 atom stereocenters. The molecule has 190 valence electrons. The number of carbonyl (C=O) groups excluding carboxylic acids is 2. The molecular formula is C27H40O7. The van der Waals surface area contributed by atoms with Crippen molar-refractivity contribution in [3.8, 4) is 0 Å². The number of carboxylic acids is 1. The SMILES string of the molecule is C=C(C)C(=O)O.C=C(C)C(=O)OCC(C)O.C=C(C)C(=O)OCCCC.C=Cc1ccccc1. The van der Waals surface area contributed by atoms with Gasteiger partial charge >= 0.3 is 17.9 Å². The molecule has 0 aliphatic carbocycles. The molecular weight excluding hydrogens is 436 g/mol. The first kappa shape index (κ1) is 35.1. The Morgan fingerprint density at radius 3 is 1.68 bits per heavy atom. The molecule has 1 rings (SSSR count). The van der Waals surface area contributed by atoms with Gasteiger partial charge < -0.3 is 19.7 Å². The molecule has 0 aromatic heterocycles. The summed E-state index contributed by atoms with van der Waals surface area (Å²) in [4.78, 5) is 30.9. The molecule has 0 bridgehead atoms. The lowest BCUT2D eigenvalue weighted by Crippen LogP contribution is -2.15. The lowest BCUT2D eigenvalue weighted by molar-refractivity contribution is -0.141. The highest BCUT2D eigenvalue weighted by Crippen LogP contribution is 1.97. The Labute approximate surface area is 204 Å². The number of unbranched alkanes of at least 4 members (excludes halogenated alkanes) is 1. The highest BCUT2D eigenvalue weighted by molar-refractivity contribution is 5.87. The largest absolute Gasteiger partial charge is 0.478 e. The third-order valence-electron chi connectivity index (χ3n) is 3.28. The molecule has 0 saturated heterocycles. The minimum atomic E-state index is -0.935. The maximum atomic E-state index is 10.7. The number of hydrogen-bond donors (Lipinski definition) is 2. The molecule has 0 aliphatic heterocycles. The first-order valence-corrected chi connectivity index (χ1v) is 10.7. The summed E-state index contributed by atoms with van der Waals surface area (Å²) >= 11 is 0. The average molecular weight is 477 g/mol. The lowest BCUT2D eigenvalue weighted by Gasteiger charge is -2.04. The number of aliphatic hydroxyl groups is 1. The van der Waals surface area contributed by atoms with Crippen molar-refractivity contribution in [2.45, 2.75) is 53.6 Å². The Kier molecular flexibility index (Phi) is 23.5. The maximum absolute atomic E-state index is 10.7. The molecule has 1 aromatic rings. The number of aliphatic carboxylic acids is 1. The topological polar surface area (TPSA) is 110 Å². The van der Waals surface area contributed by atoms with Crippen molar-refractivity contribution in [3.63, 3.8) is 0 Å². The van der Waals surface area contributed by atoms with Gasteiger partial charge in [0.05, 0.1) is 12.7 Å². The second-order valence-electron chi connectivity index (χ2n) is 7.20. The summed E-state index contributed by atoms with van der Waals surface area (Å²) < 4.78 is 9.38. The minimum Gasteiger partial charge on any atom is -0.478 e. The van der Waals surface area contributed by atoms with Crippen LogP contribution < -0.4 is 0 Å². The maximum Gasteiger partial charge on any atom is 0.333 e. The molecule has 0 saturated carbocycles. The van der Waals surface area contributed by atoms with E-state index in [1.165, 1.54) is 12.5 Å². The molecule has 2 N–H and O–H groups in total. The first-order valence-electron chi connectivity index (χ1n) is 10.7. The third-order valence-corrected chi connectivity index (χ3v) is 3.28. The van der Waals surface area contributed by atoms with Crippen molar-refractivity contribution in [1.82, 2.24) is 0 Å². The Morgan fingerprint density at radius 1 is 0.941 bits per heavy atom. The number of carbonyl (C=O) groups is 3. The Bertz CT molecular complexity index is 765. The van der Waals surface area contributed by atoms with E-state index in [-0.39, 0.29) is 18.1 Å². The molecule has 34 heavy (non-hydrogen) atoms. The molecule has 0 fully saturated rings. The van der Waals surface area contributed by atoms with Gasteiger partial charge in [-0.2, -0.15) is 0 Å².